The lowest BCUT2D eigenvalue weighted by Crippen LogP contribution is -2.12. The lowest BCUT2D eigenvalue weighted by atomic mass is 10.0. The molecule has 0 saturated heterocycles. The number of carbonyl (C=O) groups is 2. The Morgan fingerprint density at radius 2 is 1.78 bits per heavy atom. The van der Waals surface area contributed by atoms with Crippen LogP contribution in [-0.2, 0) is 4.79 Å². The molecule has 2 aromatic carbocycles. The third-order valence-electron chi connectivity index (χ3n) is 3.13. The van der Waals surface area contributed by atoms with Crippen molar-refractivity contribution in [2.45, 2.75) is 6.92 Å². The Morgan fingerprint density at radius 3 is 2.39 bits per heavy atom. The quantitative estimate of drug-likeness (QED) is 0.397. The van der Waals surface area contributed by atoms with Gasteiger partial charge in [0, 0.05) is 11.6 Å². The number of hydrogen-bond donors (Lipinski definition) is 1. The second-order valence-corrected chi connectivity index (χ2v) is 4.88. The van der Waals surface area contributed by atoms with E-state index in [1.807, 2.05) is 0 Å². The van der Waals surface area contributed by atoms with E-state index >= 15 is 0 Å². The van der Waals surface area contributed by atoms with Gasteiger partial charge in [0.05, 0.1) is 18.2 Å². The van der Waals surface area contributed by atoms with Crippen molar-refractivity contribution in [2.24, 2.45) is 0 Å². The normalized spacial score (nSPS) is 10.0. The first kappa shape index (κ1) is 16.3. The Balaban J connectivity index is 2.49. The molecule has 5 heteroatoms. The molecule has 0 unspecified atom stereocenters. The Morgan fingerprint density at radius 1 is 1.09 bits per heavy atom. The molecule has 0 aliphatic rings. The summed E-state index contributed by atoms with van der Waals surface area (Å²) in [6, 6.07) is 10.6. The Labute approximate surface area is 133 Å². The summed E-state index contributed by atoms with van der Waals surface area (Å²) < 4.78 is 10.3. The lowest BCUT2D eigenvalue weighted by Gasteiger charge is -2.12. The summed E-state index contributed by atoms with van der Waals surface area (Å²) in [4.78, 5) is 24.4. The molecule has 0 saturated carbocycles. The van der Waals surface area contributed by atoms with Gasteiger partial charge in [0.1, 0.15) is 17.2 Å². The fourth-order valence-corrected chi connectivity index (χ4v) is 1.90. The molecule has 0 aromatic heterocycles. The minimum Gasteiger partial charge on any atom is -0.507 e. The average Bonchev–Trinajstić information content (AvgIpc) is 2.54. The zero-order valence-corrected chi connectivity index (χ0v) is 12.8. The molecule has 0 aliphatic heterocycles. The minimum absolute atomic E-state index is 0.0469. The molecular formula is C18H16O5. The van der Waals surface area contributed by atoms with E-state index in [4.69, 9.17) is 9.47 Å². The summed E-state index contributed by atoms with van der Waals surface area (Å²) >= 11 is 0. The van der Waals surface area contributed by atoms with Crippen LogP contribution in [0.1, 0.15) is 22.8 Å². The van der Waals surface area contributed by atoms with Crippen LogP contribution in [0.25, 0.3) is 0 Å². The van der Waals surface area contributed by atoms with Crippen LogP contribution < -0.4 is 9.47 Å². The number of esters is 1. The second kappa shape index (κ2) is 6.79. The first-order valence-corrected chi connectivity index (χ1v) is 6.82. The summed E-state index contributed by atoms with van der Waals surface area (Å²) in [6.07, 6.45) is 0. The SMILES string of the molecule is C=C(C)C(=O)Oc1cc(OC)ccc1C(=O)c1ccccc1O. The highest BCUT2D eigenvalue weighted by Crippen LogP contribution is 2.29. The maximum Gasteiger partial charge on any atom is 0.338 e. The van der Waals surface area contributed by atoms with Gasteiger partial charge in [0.15, 0.2) is 5.78 Å². The van der Waals surface area contributed by atoms with Gasteiger partial charge in [-0.25, -0.2) is 4.79 Å². The summed E-state index contributed by atoms with van der Waals surface area (Å²) in [7, 11) is 1.46. The van der Waals surface area contributed by atoms with Crippen LogP contribution in [0.15, 0.2) is 54.6 Å². The standard InChI is InChI=1S/C18H16O5/c1-11(2)18(21)23-16-10-12(22-3)8-9-14(16)17(20)13-6-4-5-7-15(13)19/h4-10,19H,1H2,2-3H3. The van der Waals surface area contributed by atoms with E-state index in [-0.39, 0.29) is 28.2 Å². The predicted octanol–water partition coefficient (Wildman–Crippen LogP) is 3.11. The van der Waals surface area contributed by atoms with Gasteiger partial charge in [-0.15, -0.1) is 0 Å². The number of hydrogen-bond acceptors (Lipinski definition) is 5. The van der Waals surface area contributed by atoms with Crippen molar-refractivity contribution in [3.05, 3.63) is 65.7 Å². The van der Waals surface area contributed by atoms with Gasteiger partial charge in [-0.1, -0.05) is 18.7 Å². The number of ether oxygens (including phenoxy) is 2. The van der Waals surface area contributed by atoms with Gasteiger partial charge in [0.25, 0.3) is 0 Å². The number of ketones is 1. The van der Waals surface area contributed by atoms with Crippen molar-refractivity contribution in [1.29, 1.82) is 0 Å². The number of aromatic hydroxyl groups is 1. The third-order valence-corrected chi connectivity index (χ3v) is 3.13. The van der Waals surface area contributed by atoms with Crippen molar-refractivity contribution in [2.75, 3.05) is 7.11 Å². The largest absolute Gasteiger partial charge is 0.507 e. The van der Waals surface area contributed by atoms with Crippen molar-refractivity contribution in [3.63, 3.8) is 0 Å². The topological polar surface area (TPSA) is 72.8 Å². The smallest absolute Gasteiger partial charge is 0.338 e. The molecule has 0 atom stereocenters. The fraction of sp³-hybridized carbons (Fsp3) is 0.111. The third kappa shape index (κ3) is 3.58. The number of methoxy groups -OCH3 is 1. The highest BCUT2D eigenvalue weighted by Gasteiger charge is 2.20. The van der Waals surface area contributed by atoms with E-state index in [2.05, 4.69) is 6.58 Å². The van der Waals surface area contributed by atoms with Crippen molar-refractivity contribution < 1.29 is 24.2 Å². The van der Waals surface area contributed by atoms with Crippen LogP contribution in [0.2, 0.25) is 0 Å². The summed E-state index contributed by atoms with van der Waals surface area (Å²) in [5.41, 5.74) is 0.459. The van der Waals surface area contributed by atoms with E-state index in [9.17, 15) is 14.7 Å². The molecular weight excluding hydrogens is 296 g/mol. The van der Waals surface area contributed by atoms with E-state index in [1.54, 1.807) is 18.2 Å². The maximum absolute atomic E-state index is 12.6. The predicted molar refractivity (Wildman–Crippen MR) is 85.0 cm³/mol. The van der Waals surface area contributed by atoms with Crippen LogP contribution in [-0.4, -0.2) is 24.0 Å². The number of phenols is 1. The molecule has 2 aromatic rings. The first-order valence-electron chi connectivity index (χ1n) is 6.82. The van der Waals surface area contributed by atoms with Gasteiger partial charge in [-0.05, 0) is 31.2 Å². The molecule has 0 radical (unpaired) electrons. The highest BCUT2D eigenvalue weighted by atomic mass is 16.5. The molecule has 5 nitrogen and oxygen atoms in total. The van der Waals surface area contributed by atoms with E-state index in [1.165, 1.54) is 38.3 Å². The second-order valence-electron chi connectivity index (χ2n) is 4.88. The van der Waals surface area contributed by atoms with Crippen LogP contribution >= 0.6 is 0 Å². The zero-order chi connectivity index (χ0) is 17.0. The number of rotatable bonds is 5. The average molecular weight is 312 g/mol. The maximum atomic E-state index is 12.6. The minimum atomic E-state index is -0.649. The molecule has 0 aliphatic carbocycles. The molecule has 23 heavy (non-hydrogen) atoms. The van der Waals surface area contributed by atoms with Crippen LogP contribution in [0.3, 0.4) is 0 Å². The molecule has 0 fully saturated rings. The summed E-state index contributed by atoms with van der Waals surface area (Å²) in [5.74, 6) is -0.778. The first-order chi connectivity index (χ1) is 10.9. The van der Waals surface area contributed by atoms with Gasteiger partial charge >= 0.3 is 5.97 Å². The number of para-hydroxylation sites is 1. The van der Waals surface area contributed by atoms with Gasteiger partial charge in [-0.2, -0.15) is 0 Å². The van der Waals surface area contributed by atoms with Crippen LogP contribution in [0, 0.1) is 0 Å². The molecule has 1 N–H and O–H groups in total. The fourth-order valence-electron chi connectivity index (χ4n) is 1.90. The van der Waals surface area contributed by atoms with Gasteiger partial charge in [0.2, 0.25) is 0 Å². The Bertz CT molecular complexity index is 777. The molecule has 0 heterocycles. The van der Waals surface area contributed by atoms with Gasteiger partial charge < -0.3 is 14.6 Å². The monoisotopic (exact) mass is 312 g/mol. The Kier molecular flexibility index (Phi) is 4.81. The summed E-state index contributed by atoms with van der Waals surface area (Å²) in [6.45, 7) is 5.02. The van der Waals surface area contributed by atoms with Crippen LogP contribution in [0.4, 0.5) is 0 Å². The van der Waals surface area contributed by atoms with Crippen molar-refractivity contribution in [3.8, 4) is 17.2 Å². The molecule has 2 rings (SSSR count). The van der Waals surface area contributed by atoms with Crippen molar-refractivity contribution >= 4 is 11.8 Å². The van der Waals surface area contributed by atoms with E-state index < -0.39 is 11.8 Å². The molecule has 118 valence electrons. The number of phenolic OH excluding ortho intramolecular Hbond substituents is 1. The van der Waals surface area contributed by atoms with Crippen molar-refractivity contribution in [1.82, 2.24) is 0 Å². The van der Waals surface area contributed by atoms with E-state index in [0.29, 0.717) is 5.75 Å². The Hall–Kier alpha value is -3.08. The van der Waals surface area contributed by atoms with Crippen LogP contribution in [0.5, 0.6) is 17.2 Å². The molecule has 0 bridgehead atoms. The van der Waals surface area contributed by atoms with Gasteiger partial charge in [-0.3, -0.25) is 4.79 Å². The number of benzene rings is 2. The zero-order valence-electron chi connectivity index (χ0n) is 12.8. The highest BCUT2D eigenvalue weighted by molar-refractivity contribution is 6.12. The molecule has 0 amide bonds. The lowest BCUT2D eigenvalue weighted by molar-refractivity contribution is -0.130. The van der Waals surface area contributed by atoms with E-state index in [0.717, 1.165) is 0 Å². The number of carbonyl (C=O) groups excluding carboxylic acids is 2. The molecule has 0 spiro atoms. The summed E-state index contributed by atoms with van der Waals surface area (Å²) in [5, 5.41) is 9.84.